The fourth-order valence-corrected chi connectivity index (χ4v) is 4.49. The molecule has 2 atom stereocenters. The highest BCUT2D eigenvalue weighted by Crippen LogP contribution is 2.44. The fraction of sp³-hybridized carbons (Fsp3) is 0.391. The summed E-state index contributed by atoms with van der Waals surface area (Å²) >= 11 is 12.0. The highest BCUT2D eigenvalue weighted by atomic mass is 35.5. The molecule has 0 aliphatic carbocycles. The van der Waals surface area contributed by atoms with Crippen LogP contribution in [0.2, 0.25) is 10.0 Å². The molecule has 1 heterocycles. The molecule has 0 spiro atoms. The number of methoxy groups -OCH3 is 2. The van der Waals surface area contributed by atoms with Gasteiger partial charge < -0.3 is 19.5 Å². The van der Waals surface area contributed by atoms with Crippen LogP contribution < -0.4 is 19.7 Å². The van der Waals surface area contributed by atoms with Crippen molar-refractivity contribution < 1.29 is 23.8 Å². The zero-order valence-corrected chi connectivity index (χ0v) is 19.9. The van der Waals surface area contributed by atoms with Crippen molar-refractivity contribution in [1.29, 1.82) is 0 Å². The molecule has 0 fully saturated rings. The van der Waals surface area contributed by atoms with Crippen molar-refractivity contribution >= 4 is 40.9 Å². The van der Waals surface area contributed by atoms with E-state index < -0.39 is 6.09 Å². The van der Waals surface area contributed by atoms with Crippen molar-refractivity contribution in [3.05, 3.63) is 51.5 Å². The van der Waals surface area contributed by atoms with Crippen LogP contribution in [-0.4, -0.2) is 45.4 Å². The number of carbonyl (C=O) groups excluding carboxylic acids is 2. The summed E-state index contributed by atoms with van der Waals surface area (Å²) in [5.74, 6) is 0.703. The summed E-state index contributed by atoms with van der Waals surface area (Å²) in [5, 5.41) is 3.74. The zero-order valence-electron chi connectivity index (χ0n) is 18.4. The Labute approximate surface area is 197 Å². The Kier molecular flexibility index (Phi) is 7.74. The number of halogens is 2. The number of nitrogens with one attached hydrogen (secondary N) is 1. The number of rotatable bonds is 6. The maximum atomic E-state index is 12.7. The van der Waals surface area contributed by atoms with E-state index in [4.69, 9.17) is 37.4 Å². The second-order valence-electron chi connectivity index (χ2n) is 7.48. The molecule has 0 saturated heterocycles. The maximum Gasteiger partial charge on any atom is 0.414 e. The maximum absolute atomic E-state index is 12.7. The molecule has 1 aliphatic heterocycles. The van der Waals surface area contributed by atoms with Gasteiger partial charge in [0.1, 0.15) is 0 Å². The quantitative estimate of drug-likeness (QED) is 0.608. The summed E-state index contributed by atoms with van der Waals surface area (Å²) in [7, 11) is 3.09. The Morgan fingerprint density at radius 3 is 2.28 bits per heavy atom. The number of hydrogen-bond donors (Lipinski definition) is 1. The lowest BCUT2D eigenvalue weighted by molar-refractivity contribution is 0.0949. The van der Waals surface area contributed by atoms with Gasteiger partial charge in [0.15, 0.2) is 11.5 Å². The van der Waals surface area contributed by atoms with E-state index in [1.807, 2.05) is 13.0 Å². The summed E-state index contributed by atoms with van der Waals surface area (Å²) in [5.41, 5.74) is 1.91. The van der Waals surface area contributed by atoms with Crippen LogP contribution in [0.3, 0.4) is 0 Å². The second kappa shape index (κ2) is 10.3. The number of nitrogens with zero attached hydrogens (tertiary/aromatic N) is 1. The summed E-state index contributed by atoms with van der Waals surface area (Å²) in [6.45, 7) is 4.34. The zero-order chi connectivity index (χ0) is 23.4. The van der Waals surface area contributed by atoms with Gasteiger partial charge in [0.05, 0.1) is 26.5 Å². The van der Waals surface area contributed by atoms with E-state index >= 15 is 0 Å². The van der Waals surface area contributed by atoms with E-state index in [2.05, 4.69) is 5.32 Å². The number of fused-ring (bicyclic) bond motifs is 1. The van der Waals surface area contributed by atoms with Crippen molar-refractivity contribution in [3.63, 3.8) is 0 Å². The van der Waals surface area contributed by atoms with E-state index in [0.717, 1.165) is 5.56 Å². The first-order chi connectivity index (χ1) is 15.3. The third kappa shape index (κ3) is 5.05. The van der Waals surface area contributed by atoms with Gasteiger partial charge in [-0.3, -0.25) is 9.69 Å². The minimum absolute atomic E-state index is 0.0657. The molecule has 0 aromatic heterocycles. The first kappa shape index (κ1) is 24.0. The van der Waals surface area contributed by atoms with E-state index in [1.54, 1.807) is 50.3 Å². The smallest absolute Gasteiger partial charge is 0.414 e. The summed E-state index contributed by atoms with van der Waals surface area (Å²) in [6.07, 6.45) is 0.197. The highest BCUT2D eigenvalue weighted by Gasteiger charge is 2.36. The van der Waals surface area contributed by atoms with Gasteiger partial charge in [-0.15, -0.1) is 0 Å². The molecular formula is C23H26Cl2N2O5. The third-order valence-corrected chi connectivity index (χ3v) is 5.83. The van der Waals surface area contributed by atoms with Crippen molar-refractivity contribution in [2.24, 2.45) is 0 Å². The fourth-order valence-electron chi connectivity index (χ4n) is 3.97. The van der Waals surface area contributed by atoms with Crippen molar-refractivity contribution in [1.82, 2.24) is 5.32 Å². The Hall–Kier alpha value is -2.64. The van der Waals surface area contributed by atoms with Gasteiger partial charge in [0, 0.05) is 40.2 Å². The van der Waals surface area contributed by atoms with Crippen molar-refractivity contribution in [2.75, 3.05) is 32.3 Å². The SMILES string of the molecule is CCOC(=O)N1c2cc(OC)c(OC)cc2C(CNC(=O)c2cc(Cl)cc(Cl)c2)CC1C. The van der Waals surface area contributed by atoms with Crippen LogP contribution in [0.1, 0.15) is 42.1 Å². The van der Waals surface area contributed by atoms with E-state index in [1.165, 1.54) is 0 Å². The van der Waals surface area contributed by atoms with Crippen LogP contribution in [0.25, 0.3) is 0 Å². The van der Waals surface area contributed by atoms with Gasteiger partial charge in [0.2, 0.25) is 0 Å². The minimum Gasteiger partial charge on any atom is -0.493 e. The van der Waals surface area contributed by atoms with E-state index in [-0.39, 0.29) is 24.5 Å². The molecule has 2 unspecified atom stereocenters. The molecule has 2 aromatic carbocycles. The molecule has 1 aliphatic rings. The monoisotopic (exact) mass is 480 g/mol. The Balaban J connectivity index is 1.92. The average molecular weight is 481 g/mol. The molecule has 2 amide bonds. The Morgan fingerprint density at radius 2 is 1.69 bits per heavy atom. The molecule has 32 heavy (non-hydrogen) atoms. The lowest BCUT2D eigenvalue weighted by Crippen LogP contribution is -2.45. The van der Waals surface area contributed by atoms with Crippen LogP contribution in [-0.2, 0) is 4.74 Å². The van der Waals surface area contributed by atoms with Gasteiger partial charge in [0.25, 0.3) is 5.91 Å². The van der Waals surface area contributed by atoms with Crippen LogP contribution in [0.5, 0.6) is 11.5 Å². The second-order valence-corrected chi connectivity index (χ2v) is 8.36. The standard InChI is InChI=1S/C23H26Cl2N2O5/c1-5-32-23(29)27-13(2)6-15(18-10-20(30-3)21(31-4)11-19(18)27)12-26-22(28)14-7-16(24)9-17(25)8-14/h7-11,13,15H,5-6,12H2,1-4H3,(H,26,28). The molecular weight excluding hydrogens is 455 g/mol. The number of benzene rings is 2. The number of amides is 2. The molecule has 2 aromatic rings. The predicted octanol–water partition coefficient (Wildman–Crippen LogP) is 5.28. The predicted molar refractivity (Wildman–Crippen MR) is 125 cm³/mol. The molecule has 1 N–H and O–H groups in total. The number of anilines is 1. The number of ether oxygens (including phenoxy) is 3. The Morgan fingerprint density at radius 1 is 1.06 bits per heavy atom. The van der Waals surface area contributed by atoms with E-state index in [0.29, 0.717) is 45.8 Å². The lowest BCUT2D eigenvalue weighted by Gasteiger charge is -2.39. The van der Waals surface area contributed by atoms with E-state index in [9.17, 15) is 9.59 Å². The summed E-state index contributed by atoms with van der Waals surface area (Å²) < 4.78 is 16.2. The van der Waals surface area contributed by atoms with Gasteiger partial charge >= 0.3 is 6.09 Å². The van der Waals surface area contributed by atoms with Crippen LogP contribution in [0.4, 0.5) is 10.5 Å². The molecule has 0 saturated carbocycles. The molecule has 0 radical (unpaired) electrons. The Bertz CT molecular complexity index is 994. The first-order valence-corrected chi connectivity index (χ1v) is 11.0. The molecule has 9 heteroatoms. The average Bonchev–Trinajstić information content (AvgIpc) is 2.75. The molecule has 172 valence electrons. The summed E-state index contributed by atoms with van der Waals surface area (Å²) in [6, 6.07) is 8.17. The molecule has 3 rings (SSSR count). The minimum atomic E-state index is -0.426. The lowest BCUT2D eigenvalue weighted by atomic mass is 9.85. The molecule has 7 nitrogen and oxygen atoms in total. The molecule has 0 bridgehead atoms. The van der Waals surface area contributed by atoms with Crippen LogP contribution >= 0.6 is 23.2 Å². The third-order valence-electron chi connectivity index (χ3n) is 5.40. The van der Waals surface area contributed by atoms with Crippen molar-refractivity contribution in [3.8, 4) is 11.5 Å². The van der Waals surface area contributed by atoms with Crippen molar-refractivity contribution in [2.45, 2.75) is 32.2 Å². The highest BCUT2D eigenvalue weighted by molar-refractivity contribution is 6.35. The van der Waals surface area contributed by atoms with Crippen LogP contribution in [0, 0.1) is 0 Å². The van der Waals surface area contributed by atoms with Gasteiger partial charge in [-0.2, -0.15) is 0 Å². The number of carbonyl (C=O) groups is 2. The largest absolute Gasteiger partial charge is 0.493 e. The van der Waals surface area contributed by atoms with Gasteiger partial charge in [-0.05, 0) is 50.1 Å². The topological polar surface area (TPSA) is 77.1 Å². The van der Waals surface area contributed by atoms with Gasteiger partial charge in [-0.1, -0.05) is 23.2 Å². The summed E-state index contributed by atoms with van der Waals surface area (Å²) in [4.78, 5) is 27.0. The number of hydrogen-bond acceptors (Lipinski definition) is 5. The van der Waals surface area contributed by atoms with Gasteiger partial charge in [-0.25, -0.2) is 4.79 Å². The first-order valence-electron chi connectivity index (χ1n) is 10.2. The normalized spacial score (nSPS) is 17.4. The van der Waals surface area contributed by atoms with Crippen LogP contribution in [0.15, 0.2) is 30.3 Å².